The normalized spacial score (nSPS) is 10.9. The van der Waals surface area contributed by atoms with Crippen LogP contribution in [0.4, 0.5) is 0 Å². The van der Waals surface area contributed by atoms with Gasteiger partial charge < -0.3 is 9.64 Å². The number of aromatic nitrogens is 1. The average Bonchev–Trinajstić information content (AvgIpc) is 2.34. The number of nitrogens with zero attached hydrogens (tertiary/aromatic N) is 2. The molecule has 102 valence electrons. The molecule has 0 saturated heterocycles. The topological polar surface area (TPSA) is 25.4 Å². The summed E-state index contributed by atoms with van der Waals surface area (Å²) in [6.45, 7) is 4.00. The molecule has 0 aliphatic carbocycles. The highest BCUT2D eigenvalue weighted by molar-refractivity contribution is 9.09. The standard InChI is InChI=1S/C14H23BrN2O/c1-12-9-14(18-3)10-13(16-12)11-17(2)8-6-4-5-7-15/h9-10H,4-8,11H2,1-3H3. The van der Waals surface area contributed by atoms with Gasteiger partial charge in [0.15, 0.2) is 0 Å². The van der Waals surface area contributed by atoms with Gasteiger partial charge >= 0.3 is 0 Å². The van der Waals surface area contributed by atoms with Crippen molar-refractivity contribution in [2.75, 3.05) is 26.0 Å². The molecule has 0 bridgehead atoms. The Morgan fingerprint density at radius 1 is 1.28 bits per heavy atom. The predicted molar refractivity (Wildman–Crippen MR) is 79.5 cm³/mol. The third kappa shape index (κ3) is 5.83. The minimum atomic E-state index is 0.881. The molecule has 0 N–H and O–H groups in total. The van der Waals surface area contributed by atoms with E-state index in [0.29, 0.717) is 0 Å². The van der Waals surface area contributed by atoms with E-state index in [1.54, 1.807) is 7.11 Å². The van der Waals surface area contributed by atoms with Crippen LogP contribution >= 0.6 is 15.9 Å². The van der Waals surface area contributed by atoms with Crippen molar-refractivity contribution in [3.05, 3.63) is 23.5 Å². The Hall–Kier alpha value is -0.610. The van der Waals surface area contributed by atoms with Crippen molar-refractivity contribution < 1.29 is 4.74 Å². The molecule has 1 aromatic heterocycles. The van der Waals surface area contributed by atoms with Gasteiger partial charge in [-0.25, -0.2) is 0 Å². The highest BCUT2D eigenvalue weighted by Gasteiger charge is 2.04. The molecule has 1 heterocycles. The fourth-order valence-corrected chi connectivity index (χ4v) is 2.31. The summed E-state index contributed by atoms with van der Waals surface area (Å²) in [7, 11) is 3.84. The summed E-state index contributed by atoms with van der Waals surface area (Å²) in [5, 5.41) is 1.10. The summed E-state index contributed by atoms with van der Waals surface area (Å²) in [6, 6.07) is 3.97. The van der Waals surface area contributed by atoms with Gasteiger partial charge in [0, 0.05) is 29.7 Å². The van der Waals surface area contributed by atoms with E-state index in [2.05, 4.69) is 32.9 Å². The Morgan fingerprint density at radius 3 is 2.72 bits per heavy atom. The largest absolute Gasteiger partial charge is 0.497 e. The smallest absolute Gasteiger partial charge is 0.122 e. The average molecular weight is 315 g/mol. The van der Waals surface area contributed by atoms with Gasteiger partial charge in [-0.2, -0.15) is 0 Å². The highest BCUT2D eigenvalue weighted by atomic mass is 79.9. The zero-order chi connectivity index (χ0) is 13.4. The summed E-state index contributed by atoms with van der Waals surface area (Å²) < 4.78 is 5.27. The predicted octanol–water partition coefficient (Wildman–Crippen LogP) is 3.40. The van der Waals surface area contributed by atoms with Crippen LogP contribution in [-0.2, 0) is 6.54 Å². The lowest BCUT2D eigenvalue weighted by molar-refractivity contribution is 0.313. The maximum atomic E-state index is 5.27. The third-order valence-electron chi connectivity index (χ3n) is 2.82. The van der Waals surface area contributed by atoms with Crippen LogP contribution in [0.5, 0.6) is 5.75 Å². The van der Waals surface area contributed by atoms with Gasteiger partial charge in [-0.3, -0.25) is 4.98 Å². The van der Waals surface area contributed by atoms with Crippen molar-refractivity contribution in [3.8, 4) is 5.75 Å². The Bertz CT molecular complexity index is 358. The second-order valence-corrected chi connectivity index (χ2v) is 5.42. The monoisotopic (exact) mass is 314 g/mol. The molecule has 0 unspecified atom stereocenters. The Morgan fingerprint density at radius 2 is 2.06 bits per heavy atom. The van der Waals surface area contributed by atoms with Crippen molar-refractivity contribution in [2.45, 2.75) is 32.7 Å². The van der Waals surface area contributed by atoms with Crippen LogP contribution in [0.2, 0.25) is 0 Å². The summed E-state index contributed by atoms with van der Waals surface area (Å²) in [5.74, 6) is 0.894. The van der Waals surface area contributed by atoms with Gasteiger partial charge in [0.05, 0.1) is 12.8 Å². The third-order valence-corrected chi connectivity index (χ3v) is 3.38. The molecule has 3 nitrogen and oxygen atoms in total. The van der Waals surface area contributed by atoms with Gasteiger partial charge in [-0.15, -0.1) is 0 Å². The Balaban J connectivity index is 2.43. The summed E-state index contributed by atoms with van der Waals surface area (Å²) >= 11 is 3.46. The minimum absolute atomic E-state index is 0.881. The van der Waals surface area contributed by atoms with E-state index in [0.717, 1.165) is 35.6 Å². The number of halogens is 1. The number of alkyl halides is 1. The molecule has 0 spiro atoms. The number of hydrogen-bond acceptors (Lipinski definition) is 3. The number of aryl methyl sites for hydroxylation is 1. The van der Waals surface area contributed by atoms with Crippen LogP contribution in [0, 0.1) is 6.92 Å². The van der Waals surface area contributed by atoms with Crippen molar-refractivity contribution in [2.24, 2.45) is 0 Å². The van der Waals surface area contributed by atoms with Crippen LogP contribution in [0.3, 0.4) is 0 Å². The zero-order valence-electron chi connectivity index (χ0n) is 11.6. The lowest BCUT2D eigenvalue weighted by atomic mass is 10.2. The molecule has 0 fully saturated rings. The van der Waals surface area contributed by atoms with Crippen molar-refractivity contribution in [1.82, 2.24) is 9.88 Å². The van der Waals surface area contributed by atoms with Crippen LogP contribution in [0.25, 0.3) is 0 Å². The number of unbranched alkanes of at least 4 members (excludes halogenated alkanes) is 2. The number of methoxy groups -OCH3 is 1. The molecule has 4 heteroatoms. The minimum Gasteiger partial charge on any atom is -0.497 e. The first-order valence-electron chi connectivity index (χ1n) is 6.41. The van der Waals surface area contributed by atoms with Gasteiger partial charge in [0.25, 0.3) is 0 Å². The SMILES string of the molecule is COc1cc(C)nc(CN(C)CCCCCBr)c1. The maximum Gasteiger partial charge on any atom is 0.122 e. The van der Waals surface area contributed by atoms with E-state index in [4.69, 9.17) is 4.74 Å². The van der Waals surface area contributed by atoms with Crippen LogP contribution < -0.4 is 4.74 Å². The quantitative estimate of drug-likeness (QED) is 0.543. The van der Waals surface area contributed by atoms with E-state index in [1.165, 1.54) is 19.3 Å². The first kappa shape index (κ1) is 15.4. The molecule has 0 amide bonds. The van der Waals surface area contributed by atoms with Gasteiger partial charge in [-0.05, 0) is 33.4 Å². The Kier molecular flexibility index (Phi) is 7.28. The van der Waals surface area contributed by atoms with Gasteiger partial charge in [0.2, 0.25) is 0 Å². The van der Waals surface area contributed by atoms with E-state index in [-0.39, 0.29) is 0 Å². The van der Waals surface area contributed by atoms with Crippen LogP contribution in [-0.4, -0.2) is 35.9 Å². The van der Waals surface area contributed by atoms with Crippen molar-refractivity contribution >= 4 is 15.9 Å². The number of ether oxygens (including phenoxy) is 1. The summed E-state index contributed by atoms with van der Waals surface area (Å²) in [5.41, 5.74) is 2.09. The molecule has 0 aliphatic heterocycles. The first-order valence-corrected chi connectivity index (χ1v) is 7.54. The number of pyridine rings is 1. The Labute approximate surface area is 119 Å². The van der Waals surface area contributed by atoms with E-state index >= 15 is 0 Å². The second-order valence-electron chi connectivity index (χ2n) is 4.63. The van der Waals surface area contributed by atoms with E-state index < -0.39 is 0 Å². The van der Waals surface area contributed by atoms with Crippen LogP contribution in [0.15, 0.2) is 12.1 Å². The molecular weight excluding hydrogens is 292 g/mol. The van der Waals surface area contributed by atoms with Crippen molar-refractivity contribution in [1.29, 1.82) is 0 Å². The molecule has 18 heavy (non-hydrogen) atoms. The van der Waals surface area contributed by atoms with Crippen molar-refractivity contribution in [3.63, 3.8) is 0 Å². The fourth-order valence-electron chi connectivity index (χ4n) is 1.91. The van der Waals surface area contributed by atoms with Crippen LogP contribution in [0.1, 0.15) is 30.7 Å². The molecule has 0 saturated carbocycles. The molecular formula is C14H23BrN2O. The highest BCUT2D eigenvalue weighted by Crippen LogP contribution is 2.14. The zero-order valence-corrected chi connectivity index (χ0v) is 13.2. The van der Waals surface area contributed by atoms with E-state index in [9.17, 15) is 0 Å². The molecule has 0 aliphatic rings. The van der Waals surface area contributed by atoms with E-state index in [1.807, 2.05) is 19.1 Å². The fraction of sp³-hybridized carbons (Fsp3) is 0.643. The lowest BCUT2D eigenvalue weighted by Gasteiger charge is -2.16. The second kappa shape index (κ2) is 8.48. The molecule has 0 atom stereocenters. The molecule has 1 rings (SSSR count). The number of rotatable bonds is 8. The summed E-state index contributed by atoms with van der Waals surface area (Å²) in [6.07, 6.45) is 3.77. The first-order chi connectivity index (χ1) is 8.65. The van der Waals surface area contributed by atoms with Gasteiger partial charge in [0.1, 0.15) is 5.75 Å². The van der Waals surface area contributed by atoms with Gasteiger partial charge in [-0.1, -0.05) is 22.4 Å². The lowest BCUT2D eigenvalue weighted by Crippen LogP contribution is -2.20. The molecule has 0 radical (unpaired) electrons. The number of hydrogen-bond donors (Lipinski definition) is 0. The summed E-state index contributed by atoms with van der Waals surface area (Å²) in [4.78, 5) is 6.85. The maximum absolute atomic E-state index is 5.27. The molecule has 1 aromatic rings. The molecule has 0 aromatic carbocycles.